The molecule has 0 spiro atoms. The van der Waals surface area contributed by atoms with E-state index in [4.69, 9.17) is 17.3 Å². The highest BCUT2D eigenvalue weighted by molar-refractivity contribution is 7.98. The zero-order valence-electron chi connectivity index (χ0n) is 10.6. The van der Waals surface area contributed by atoms with E-state index in [2.05, 4.69) is 5.32 Å². The highest BCUT2D eigenvalue weighted by atomic mass is 35.5. The van der Waals surface area contributed by atoms with Crippen LogP contribution in [0.2, 0.25) is 5.02 Å². The van der Waals surface area contributed by atoms with Crippen LogP contribution in [0.1, 0.15) is 20.1 Å². The van der Waals surface area contributed by atoms with Crippen molar-refractivity contribution < 1.29 is 4.79 Å². The molecule has 3 N–H and O–H groups in total. The molecule has 104 valence electrons. The van der Waals surface area contributed by atoms with Crippen LogP contribution in [0, 0.1) is 0 Å². The summed E-state index contributed by atoms with van der Waals surface area (Å²) in [5, 5.41) is 3.40. The summed E-state index contributed by atoms with van der Waals surface area (Å²) >= 11 is 9.34. The largest absolute Gasteiger partial charge is 0.397 e. The standard InChI is InChI=1S/C14H13ClN2OS2/c15-9-1-2-11(10(16)6-9)17-14(18)13-5-8-7-19-4-3-12(8)20-13/h1-2,5-6H,3-4,7,16H2,(H,17,18). The van der Waals surface area contributed by atoms with Crippen molar-refractivity contribution in [1.29, 1.82) is 0 Å². The van der Waals surface area contributed by atoms with Crippen molar-refractivity contribution in [2.75, 3.05) is 16.8 Å². The van der Waals surface area contributed by atoms with Gasteiger partial charge in [-0.15, -0.1) is 11.3 Å². The number of benzene rings is 1. The lowest BCUT2D eigenvalue weighted by Gasteiger charge is -2.08. The third kappa shape index (κ3) is 2.80. The molecule has 2 aromatic rings. The number of nitrogens with two attached hydrogens (primary N) is 1. The van der Waals surface area contributed by atoms with Crippen LogP contribution in [0.15, 0.2) is 24.3 Å². The van der Waals surface area contributed by atoms with E-state index in [1.807, 2.05) is 17.8 Å². The lowest BCUT2D eigenvalue weighted by Crippen LogP contribution is -2.11. The predicted octanol–water partition coefficient (Wildman–Crippen LogP) is 4.03. The molecule has 2 heterocycles. The van der Waals surface area contributed by atoms with Gasteiger partial charge in [0, 0.05) is 15.7 Å². The van der Waals surface area contributed by atoms with Crippen molar-refractivity contribution in [2.24, 2.45) is 0 Å². The third-order valence-corrected chi connectivity index (χ3v) is 5.59. The first-order valence-electron chi connectivity index (χ1n) is 6.19. The smallest absolute Gasteiger partial charge is 0.265 e. The second-order valence-corrected chi connectivity index (χ2v) is 7.23. The molecule has 0 aliphatic carbocycles. The first kappa shape index (κ1) is 13.8. The highest BCUT2D eigenvalue weighted by Crippen LogP contribution is 2.32. The van der Waals surface area contributed by atoms with Crippen molar-refractivity contribution in [3.63, 3.8) is 0 Å². The zero-order chi connectivity index (χ0) is 14.1. The Morgan fingerprint density at radius 2 is 2.20 bits per heavy atom. The highest BCUT2D eigenvalue weighted by Gasteiger charge is 2.18. The Hall–Kier alpha value is -1.17. The lowest BCUT2D eigenvalue weighted by atomic mass is 10.2. The van der Waals surface area contributed by atoms with Gasteiger partial charge in [-0.05, 0) is 42.0 Å². The van der Waals surface area contributed by atoms with Crippen molar-refractivity contribution >= 4 is 52.0 Å². The number of nitrogen functional groups attached to an aromatic ring is 1. The van der Waals surface area contributed by atoms with Crippen molar-refractivity contribution in [1.82, 2.24) is 0 Å². The van der Waals surface area contributed by atoms with Gasteiger partial charge in [-0.2, -0.15) is 11.8 Å². The second-order valence-electron chi connectivity index (χ2n) is 4.55. The number of carbonyl (C=O) groups excluding carboxylic acids is 1. The number of rotatable bonds is 2. The molecule has 20 heavy (non-hydrogen) atoms. The van der Waals surface area contributed by atoms with Gasteiger partial charge in [-0.1, -0.05) is 11.6 Å². The molecule has 1 aromatic heterocycles. The summed E-state index contributed by atoms with van der Waals surface area (Å²) in [4.78, 5) is 14.3. The van der Waals surface area contributed by atoms with Gasteiger partial charge < -0.3 is 11.1 Å². The summed E-state index contributed by atoms with van der Waals surface area (Å²) in [6.07, 6.45) is 1.06. The van der Waals surface area contributed by atoms with Crippen LogP contribution in [0.4, 0.5) is 11.4 Å². The Morgan fingerprint density at radius 1 is 1.35 bits per heavy atom. The first-order chi connectivity index (χ1) is 9.63. The maximum absolute atomic E-state index is 12.3. The molecule has 6 heteroatoms. The van der Waals surface area contributed by atoms with Crippen molar-refractivity contribution in [3.05, 3.63) is 44.6 Å². The lowest BCUT2D eigenvalue weighted by molar-refractivity contribution is 0.103. The van der Waals surface area contributed by atoms with Crippen LogP contribution in [-0.4, -0.2) is 11.7 Å². The average molecular weight is 325 g/mol. The Labute approximate surface area is 130 Å². The molecule has 3 rings (SSSR count). The van der Waals surface area contributed by atoms with Crippen LogP contribution in [-0.2, 0) is 12.2 Å². The number of anilines is 2. The van der Waals surface area contributed by atoms with Gasteiger partial charge in [0.05, 0.1) is 16.3 Å². The molecule has 0 atom stereocenters. The number of aryl methyl sites for hydroxylation is 1. The van der Waals surface area contributed by atoms with E-state index in [0.717, 1.165) is 22.8 Å². The number of thiophene rings is 1. The van der Waals surface area contributed by atoms with E-state index in [9.17, 15) is 4.79 Å². The molecular formula is C14H13ClN2OS2. The molecule has 0 saturated heterocycles. The van der Waals surface area contributed by atoms with E-state index < -0.39 is 0 Å². The van der Waals surface area contributed by atoms with Gasteiger partial charge in [-0.3, -0.25) is 4.79 Å². The van der Waals surface area contributed by atoms with Gasteiger partial charge in [0.25, 0.3) is 5.91 Å². The van der Waals surface area contributed by atoms with Gasteiger partial charge in [-0.25, -0.2) is 0 Å². The van der Waals surface area contributed by atoms with Crippen LogP contribution in [0.25, 0.3) is 0 Å². The molecule has 1 aliphatic heterocycles. The second kappa shape index (κ2) is 5.68. The maximum Gasteiger partial charge on any atom is 0.265 e. The van der Waals surface area contributed by atoms with E-state index in [1.54, 1.807) is 29.5 Å². The summed E-state index contributed by atoms with van der Waals surface area (Å²) in [5.41, 5.74) is 8.21. The summed E-state index contributed by atoms with van der Waals surface area (Å²) in [6, 6.07) is 7.06. The molecule has 0 radical (unpaired) electrons. The minimum Gasteiger partial charge on any atom is -0.397 e. The number of amides is 1. The molecule has 1 amide bonds. The van der Waals surface area contributed by atoms with E-state index in [0.29, 0.717) is 16.4 Å². The number of fused-ring (bicyclic) bond motifs is 1. The van der Waals surface area contributed by atoms with Crippen molar-refractivity contribution in [2.45, 2.75) is 12.2 Å². The predicted molar refractivity (Wildman–Crippen MR) is 88.0 cm³/mol. The van der Waals surface area contributed by atoms with Gasteiger partial charge >= 0.3 is 0 Å². The van der Waals surface area contributed by atoms with Crippen LogP contribution < -0.4 is 11.1 Å². The molecule has 0 bridgehead atoms. The number of carbonyl (C=O) groups is 1. The molecular weight excluding hydrogens is 312 g/mol. The number of thioether (sulfide) groups is 1. The van der Waals surface area contributed by atoms with Crippen LogP contribution in [0.3, 0.4) is 0 Å². The van der Waals surface area contributed by atoms with Crippen LogP contribution >= 0.6 is 34.7 Å². The fourth-order valence-electron chi connectivity index (χ4n) is 2.09. The molecule has 1 aliphatic rings. The van der Waals surface area contributed by atoms with Gasteiger partial charge in [0.15, 0.2) is 0 Å². The fraction of sp³-hybridized carbons (Fsp3) is 0.214. The quantitative estimate of drug-likeness (QED) is 0.820. The Morgan fingerprint density at radius 3 is 2.95 bits per heavy atom. The molecule has 3 nitrogen and oxygen atoms in total. The fourth-order valence-corrected chi connectivity index (χ4v) is 4.54. The summed E-state index contributed by atoms with van der Waals surface area (Å²) in [7, 11) is 0. The molecule has 1 aromatic carbocycles. The number of hydrogen-bond acceptors (Lipinski definition) is 4. The topological polar surface area (TPSA) is 55.1 Å². The van der Waals surface area contributed by atoms with Crippen LogP contribution in [0.5, 0.6) is 0 Å². The van der Waals surface area contributed by atoms with E-state index in [-0.39, 0.29) is 5.91 Å². The van der Waals surface area contributed by atoms with Crippen molar-refractivity contribution in [3.8, 4) is 0 Å². The minimum atomic E-state index is -0.108. The summed E-state index contributed by atoms with van der Waals surface area (Å²) < 4.78 is 0. The maximum atomic E-state index is 12.3. The Bertz CT molecular complexity index is 646. The molecule has 0 fully saturated rings. The first-order valence-corrected chi connectivity index (χ1v) is 8.54. The van der Waals surface area contributed by atoms with E-state index >= 15 is 0 Å². The van der Waals surface area contributed by atoms with Gasteiger partial charge in [0.2, 0.25) is 0 Å². The average Bonchev–Trinajstić information content (AvgIpc) is 2.86. The third-order valence-electron chi connectivity index (χ3n) is 3.11. The number of halogens is 1. The zero-order valence-corrected chi connectivity index (χ0v) is 13.0. The normalized spacial score (nSPS) is 13.8. The Kier molecular flexibility index (Phi) is 3.92. The monoisotopic (exact) mass is 324 g/mol. The minimum absolute atomic E-state index is 0.108. The summed E-state index contributed by atoms with van der Waals surface area (Å²) in [6.45, 7) is 0. The number of nitrogens with one attached hydrogen (secondary N) is 1. The number of hydrogen-bond donors (Lipinski definition) is 2. The molecule has 0 saturated carbocycles. The molecule has 0 unspecified atom stereocenters. The summed E-state index contributed by atoms with van der Waals surface area (Å²) in [5.74, 6) is 2.03. The SMILES string of the molecule is Nc1cc(Cl)ccc1NC(=O)c1cc2c(s1)CCSC2. The Balaban J connectivity index is 1.80. The van der Waals surface area contributed by atoms with E-state index in [1.165, 1.54) is 10.4 Å². The van der Waals surface area contributed by atoms with Gasteiger partial charge in [0.1, 0.15) is 0 Å².